The van der Waals surface area contributed by atoms with Crippen LogP contribution in [0.2, 0.25) is 0 Å². The van der Waals surface area contributed by atoms with Crippen LogP contribution in [0.4, 0.5) is 0 Å². The van der Waals surface area contributed by atoms with E-state index in [1.54, 1.807) is 0 Å². The molecule has 4 nitrogen and oxygen atoms in total. The van der Waals surface area contributed by atoms with E-state index in [0.29, 0.717) is 13.1 Å². The Morgan fingerprint density at radius 1 is 1.18 bits per heavy atom. The van der Waals surface area contributed by atoms with Gasteiger partial charge in [0.2, 0.25) is 0 Å². The quantitative estimate of drug-likeness (QED) is 0.860. The van der Waals surface area contributed by atoms with Crippen molar-refractivity contribution in [2.75, 3.05) is 13.2 Å². The van der Waals surface area contributed by atoms with Crippen LogP contribution in [0.25, 0.3) is 0 Å². The van der Waals surface area contributed by atoms with Crippen molar-refractivity contribution in [1.29, 1.82) is 0 Å². The number of aromatic amines is 1. The Labute approximate surface area is 135 Å². The fourth-order valence-electron chi connectivity index (χ4n) is 2.48. The van der Waals surface area contributed by atoms with Crippen LogP contribution in [0.1, 0.15) is 36.9 Å². The Morgan fingerprint density at radius 2 is 1.86 bits per heavy atom. The molecule has 0 aliphatic rings. The molecule has 0 saturated heterocycles. The minimum Gasteiger partial charge on any atom is -0.395 e. The molecule has 1 aromatic carbocycles. The van der Waals surface area contributed by atoms with E-state index in [2.05, 4.69) is 42.8 Å². The third-order valence-electron chi connectivity index (χ3n) is 3.50. The zero-order valence-corrected chi connectivity index (χ0v) is 14.2. The lowest BCUT2D eigenvalue weighted by atomic mass is 9.91. The summed E-state index contributed by atoms with van der Waals surface area (Å²) >= 11 is 1.27. The molecule has 5 heteroatoms. The molecule has 0 fully saturated rings. The van der Waals surface area contributed by atoms with E-state index in [1.807, 2.05) is 18.2 Å². The van der Waals surface area contributed by atoms with E-state index in [9.17, 15) is 9.90 Å². The van der Waals surface area contributed by atoms with Crippen LogP contribution in [0.3, 0.4) is 0 Å². The summed E-state index contributed by atoms with van der Waals surface area (Å²) in [6, 6.07) is 10.2. The summed E-state index contributed by atoms with van der Waals surface area (Å²) in [5, 5.41) is 9.32. The summed E-state index contributed by atoms with van der Waals surface area (Å²) in [7, 11) is 0. The first-order chi connectivity index (χ1) is 10.4. The van der Waals surface area contributed by atoms with Crippen LogP contribution >= 0.6 is 11.3 Å². The number of aromatic nitrogens is 1. The zero-order chi connectivity index (χ0) is 16.2. The van der Waals surface area contributed by atoms with Crippen LogP contribution in [-0.2, 0) is 18.5 Å². The molecule has 2 rings (SSSR count). The maximum absolute atomic E-state index is 11.8. The largest absolute Gasteiger partial charge is 0.395 e. The van der Waals surface area contributed by atoms with Crippen molar-refractivity contribution in [2.45, 2.75) is 39.3 Å². The molecule has 2 aromatic rings. The van der Waals surface area contributed by atoms with Crippen LogP contribution in [0, 0.1) is 0 Å². The summed E-state index contributed by atoms with van der Waals surface area (Å²) in [5.41, 5.74) is 2.11. The monoisotopic (exact) mass is 320 g/mol. The number of rotatable bonds is 6. The number of aliphatic hydroxyl groups is 1. The highest BCUT2D eigenvalue weighted by Crippen LogP contribution is 2.26. The van der Waals surface area contributed by atoms with Gasteiger partial charge in [0.15, 0.2) is 0 Å². The number of benzene rings is 1. The topological polar surface area (TPSA) is 56.3 Å². The fourth-order valence-corrected chi connectivity index (χ4v) is 3.56. The highest BCUT2D eigenvalue weighted by Gasteiger charge is 2.22. The van der Waals surface area contributed by atoms with Crippen molar-refractivity contribution in [3.63, 3.8) is 0 Å². The van der Waals surface area contributed by atoms with E-state index >= 15 is 0 Å². The predicted octanol–water partition coefficient (Wildman–Crippen LogP) is 2.73. The van der Waals surface area contributed by atoms with Gasteiger partial charge < -0.3 is 10.1 Å². The van der Waals surface area contributed by atoms with Gasteiger partial charge in [0.1, 0.15) is 0 Å². The van der Waals surface area contributed by atoms with Gasteiger partial charge in [-0.1, -0.05) is 62.4 Å². The van der Waals surface area contributed by atoms with E-state index < -0.39 is 0 Å². The summed E-state index contributed by atoms with van der Waals surface area (Å²) in [4.78, 5) is 17.9. The van der Waals surface area contributed by atoms with Gasteiger partial charge in [-0.2, -0.15) is 0 Å². The Morgan fingerprint density at radius 3 is 2.45 bits per heavy atom. The third-order valence-corrected chi connectivity index (χ3v) is 4.37. The number of hydrogen-bond donors (Lipinski definition) is 2. The molecule has 0 bridgehead atoms. The zero-order valence-electron chi connectivity index (χ0n) is 13.4. The summed E-state index contributed by atoms with van der Waals surface area (Å²) in [6.07, 6.45) is 0. The average Bonchev–Trinajstić information content (AvgIpc) is 2.81. The number of H-pyrrole nitrogens is 1. The molecule has 22 heavy (non-hydrogen) atoms. The molecule has 120 valence electrons. The first kappa shape index (κ1) is 16.9. The molecule has 0 atom stereocenters. The minimum absolute atomic E-state index is 0.0106. The van der Waals surface area contributed by atoms with E-state index in [1.165, 1.54) is 16.9 Å². The minimum atomic E-state index is -0.0911. The number of hydrogen-bond acceptors (Lipinski definition) is 4. The van der Waals surface area contributed by atoms with Crippen molar-refractivity contribution in [2.24, 2.45) is 0 Å². The van der Waals surface area contributed by atoms with Crippen LogP contribution in [0.15, 0.2) is 35.1 Å². The van der Waals surface area contributed by atoms with Gasteiger partial charge >= 0.3 is 4.87 Å². The molecule has 1 aromatic heterocycles. The normalized spacial score (nSPS) is 12.0. The van der Waals surface area contributed by atoms with Crippen molar-refractivity contribution in [1.82, 2.24) is 9.88 Å². The SMILES string of the molecule is CC(C)(C)c1[nH]c(=O)sc1CN(CCO)Cc1ccccc1. The van der Waals surface area contributed by atoms with Gasteiger partial charge in [-0.3, -0.25) is 9.69 Å². The van der Waals surface area contributed by atoms with E-state index in [4.69, 9.17) is 0 Å². The lowest BCUT2D eigenvalue weighted by Gasteiger charge is -2.24. The highest BCUT2D eigenvalue weighted by molar-refractivity contribution is 7.09. The van der Waals surface area contributed by atoms with Gasteiger partial charge in [-0.15, -0.1) is 0 Å². The number of aliphatic hydroxyl groups excluding tert-OH is 1. The van der Waals surface area contributed by atoms with E-state index in [-0.39, 0.29) is 16.9 Å². The van der Waals surface area contributed by atoms with Crippen molar-refractivity contribution in [3.8, 4) is 0 Å². The van der Waals surface area contributed by atoms with E-state index in [0.717, 1.165) is 17.1 Å². The van der Waals surface area contributed by atoms with Crippen molar-refractivity contribution in [3.05, 3.63) is 56.1 Å². The maximum atomic E-state index is 11.8. The van der Waals surface area contributed by atoms with Crippen molar-refractivity contribution >= 4 is 11.3 Å². The molecule has 2 N–H and O–H groups in total. The molecule has 0 aliphatic carbocycles. The lowest BCUT2D eigenvalue weighted by Crippen LogP contribution is -2.27. The van der Waals surface area contributed by atoms with Gasteiger partial charge in [0, 0.05) is 35.6 Å². The standard InChI is InChI=1S/C17H24N2O2S/c1-17(2,3)15-14(22-16(21)18-15)12-19(9-10-20)11-13-7-5-4-6-8-13/h4-8,20H,9-12H2,1-3H3,(H,18,21). The molecule has 0 radical (unpaired) electrons. The Kier molecular flexibility index (Phi) is 5.56. The predicted molar refractivity (Wildman–Crippen MR) is 91.3 cm³/mol. The van der Waals surface area contributed by atoms with Crippen LogP contribution in [0.5, 0.6) is 0 Å². The molecule has 0 amide bonds. The van der Waals surface area contributed by atoms with Crippen LogP contribution < -0.4 is 4.87 Å². The van der Waals surface area contributed by atoms with Gasteiger partial charge in [-0.25, -0.2) is 0 Å². The lowest BCUT2D eigenvalue weighted by molar-refractivity contribution is 0.184. The second kappa shape index (κ2) is 7.22. The first-order valence-electron chi connectivity index (χ1n) is 7.50. The summed E-state index contributed by atoms with van der Waals surface area (Å²) < 4.78 is 0. The Bertz CT molecular complexity index is 641. The first-order valence-corrected chi connectivity index (χ1v) is 8.31. The Hall–Kier alpha value is -1.43. The fraction of sp³-hybridized carbons (Fsp3) is 0.471. The van der Waals surface area contributed by atoms with Gasteiger partial charge in [-0.05, 0) is 5.56 Å². The number of nitrogens with zero attached hydrogens (tertiary/aromatic N) is 1. The number of thiazole rings is 1. The Balaban J connectivity index is 2.20. The number of nitrogens with one attached hydrogen (secondary N) is 1. The average molecular weight is 320 g/mol. The summed E-state index contributed by atoms with van der Waals surface area (Å²) in [6.45, 7) is 8.43. The molecule has 1 heterocycles. The highest BCUT2D eigenvalue weighted by atomic mass is 32.1. The molecule has 0 aliphatic heterocycles. The molecular formula is C17H24N2O2S. The molecular weight excluding hydrogens is 296 g/mol. The smallest absolute Gasteiger partial charge is 0.305 e. The molecule has 0 unspecified atom stereocenters. The third kappa shape index (κ3) is 4.53. The van der Waals surface area contributed by atoms with Gasteiger partial charge in [0.05, 0.1) is 6.61 Å². The second-order valence-corrected chi connectivity index (χ2v) is 7.55. The maximum Gasteiger partial charge on any atom is 0.305 e. The second-order valence-electron chi connectivity index (χ2n) is 6.48. The van der Waals surface area contributed by atoms with Gasteiger partial charge in [0.25, 0.3) is 0 Å². The van der Waals surface area contributed by atoms with Crippen LogP contribution in [-0.4, -0.2) is 28.1 Å². The molecule has 0 spiro atoms. The van der Waals surface area contributed by atoms with Crippen molar-refractivity contribution < 1.29 is 5.11 Å². The molecule has 0 saturated carbocycles. The summed E-state index contributed by atoms with van der Waals surface area (Å²) in [5.74, 6) is 0.